The zero-order chi connectivity index (χ0) is 41.7. The molecule has 4 heteroatoms. The molecular formula is C59H37N3O. The van der Waals surface area contributed by atoms with Crippen molar-refractivity contribution in [2.75, 3.05) is 0 Å². The van der Waals surface area contributed by atoms with E-state index in [0.717, 1.165) is 61.2 Å². The minimum Gasteiger partial charge on any atom is -0.456 e. The van der Waals surface area contributed by atoms with E-state index in [-0.39, 0.29) is 0 Å². The molecule has 2 aromatic heterocycles. The van der Waals surface area contributed by atoms with Gasteiger partial charge in [-0.05, 0) is 83.9 Å². The van der Waals surface area contributed by atoms with Crippen molar-refractivity contribution in [3.63, 3.8) is 0 Å². The van der Waals surface area contributed by atoms with Crippen molar-refractivity contribution in [3.8, 4) is 78.9 Å². The molecule has 0 radical (unpaired) electrons. The van der Waals surface area contributed by atoms with Crippen molar-refractivity contribution < 1.29 is 4.42 Å². The first-order valence-corrected chi connectivity index (χ1v) is 21.2. The number of furan rings is 1. The molecule has 0 amide bonds. The van der Waals surface area contributed by atoms with E-state index >= 15 is 0 Å². The molecule has 294 valence electrons. The molecule has 0 bridgehead atoms. The van der Waals surface area contributed by atoms with E-state index in [4.69, 9.17) is 19.4 Å². The van der Waals surface area contributed by atoms with Crippen LogP contribution in [0.4, 0.5) is 0 Å². The van der Waals surface area contributed by atoms with Gasteiger partial charge in [0, 0.05) is 27.6 Å². The average molecular weight is 804 g/mol. The van der Waals surface area contributed by atoms with E-state index in [1.165, 1.54) is 43.4 Å². The second-order valence-corrected chi connectivity index (χ2v) is 16.0. The van der Waals surface area contributed by atoms with Gasteiger partial charge in [-0.2, -0.15) is 0 Å². The molecule has 0 aliphatic rings. The van der Waals surface area contributed by atoms with Crippen LogP contribution >= 0.6 is 0 Å². The predicted octanol–water partition coefficient (Wildman–Crippen LogP) is 15.7. The Hall–Kier alpha value is -8.47. The van der Waals surface area contributed by atoms with Crippen LogP contribution in [0.2, 0.25) is 0 Å². The van der Waals surface area contributed by atoms with Crippen LogP contribution < -0.4 is 0 Å². The van der Waals surface area contributed by atoms with Crippen LogP contribution in [-0.2, 0) is 0 Å². The molecule has 10 aromatic carbocycles. The maximum absolute atomic E-state index is 6.18. The van der Waals surface area contributed by atoms with Gasteiger partial charge in [0.05, 0.1) is 0 Å². The van der Waals surface area contributed by atoms with E-state index in [9.17, 15) is 0 Å². The van der Waals surface area contributed by atoms with Gasteiger partial charge in [-0.3, -0.25) is 0 Å². The summed E-state index contributed by atoms with van der Waals surface area (Å²) in [6, 6.07) is 78.9. The van der Waals surface area contributed by atoms with Gasteiger partial charge in [0.25, 0.3) is 0 Å². The summed E-state index contributed by atoms with van der Waals surface area (Å²) < 4.78 is 6.18. The molecule has 63 heavy (non-hydrogen) atoms. The van der Waals surface area contributed by atoms with Crippen LogP contribution in [-0.4, -0.2) is 15.0 Å². The molecule has 0 spiro atoms. The molecule has 12 rings (SSSR count). The number of fused-ring (bicyclic) bond motifs is 5. The number of benzene rings is 10. The number of nitrogens with zero attached hydrogens (tertiary/aromatic N) is 3. The quantitative estimate of drug-likeness (QED) is 0.119. The smallest absolute Gasteiger partial charge is 0.164 e. The van der Waals surface area contributed by atoms with Crippen molar-refractivity contribution in [1.29, 1.82) is 0 Å². The van der Waals surface area contributed by atoms with Gasteiger partial charge in [0.15, 0.2) is 17.5 Å². The Kier molecular flexibility index (Phi) is 8.79. The fourth-order valence-corrected chi connectivity index (χ4v) is 8.98. The van der Waals surface area contributed by atoms with Gasteiger partial charge >= 0.3 is 0 Å². The van der Waals surface area contributed by atoms with Crippen LogP contribution in [0.15, 0.2) is 229 Å². The lowest BCUT2D eigenvalue weighted by Crippen LogP contribution is -2.01. The highest BCUT2D eigenvalue weighted by atomic mass is 16.3. The predicted molar refractivity (Wildman–Crippen MR) is 260 cm³/mol. The van der Waals surface area contributed by atoms with Gasteiger partial charge in [-0.15, -0.1) is 0 Å². The Morgan fingerprint density at radius 3 is 1.49 bits per heavy atom. The maximum atomic E-state index is 6.18. The molecule has 0 N–H and O–H groups in total. The van der Waals surface area contributed by atoms with Crippen molar-refractivity contribution in [3.05, 3.63) is 224 Å². The number of para-hydroxylation sites is 1. The third kappa shape index (κ3) is 6.62. The van der Waals surface area contributed by atoms with Crippen molar-refractivity contribution in [1.82, 2.24) is 15.0 Å². The average Bonchev–Trinajstić information content (AvgIpc) is 3.81. The third-order valence-electron chi connectivity index (χ3n) is 12.2. The summed E-state index contributed by atoms with van der Waals surface area (Å²) in [6.45, 7) is 0. The Morgan fingerprint density at radius 1 is 0.270 bits per heavy atom. The van der Waals surface area contributed by atoms with Crippen LogP contribution in [0.25, 0.3) is 122 Å². The molecule has 12 aromatic rings. The Morgan fingerprint density at radius 2 is 0.794 bits per heavy atom. The first-order valence-electron chi connectivity index (χ1n) is 21.2. The van der Waals surface area contributed by atoms with Gasteiger partial charge in [0.2, 0.25) is 0 Å². The van der Waals surface area contributed by atoms with Gasteiger partial charge in [-0.25, -0.2) is 15.0 Å². The summed E-state index contributed by atoms with van der Waals surface area (Å²) in [7, 11) is 0. The lowest BCUT2D eigenvalue weighted by Gasteiger charge is -2.14. The molecule has 4 nitrogen and oxygen atoms in total. The summed E-state index contributed by atoms with van der Waals surface area (Å²) in [4.78, 5) is 15.4. The zero-order valence-electron chi connectivity index (χ0n) is 34.1. The second kappa shape index (κ2) is 15.2. The lowest BCUT2D eigenvalue weighted by molar-refractivity contribution is 0.631. The summed E-state index contributed by atoms with van der Waals surface area (Å²) in [5.74, 6) is 2.64. The Labute approximate surface area is 364 Å². The minimum atomic E-state index is 0.600. The largest absolute Gasteiger partial charge is 0.456 e. The SMILES string of the molecule is c1ccc(-c2ccccc2-c2nc(-c3ccc(-c4ccc(-c5c6ccccc6cc6c5ccc5ccccc56)cc4)cc3)nc(-c3ccc(-c4cc5ccccc5o4)cc3)n2)cc1. The summed E-state index contributed by atoms with van der Waals surface area (Å²) in [6.07, 6.45) is 0. The molecule has 0 saturated heterocycles. The number of hydrogen-bond donors (Lipinski definition) is 0. The van der Waals surface area contributed by atoms with Crippen LogP contribution in [0.3, 0.4) is 0 Å². The van der Waals surface area contributed by atoms with Gasteiger partial charge < -0.3 is 4.42 Å². The third-order valence-corrected chi connectivity index (χ3v) is 12.2. The number of hydrogen-bond acceptors (Lipinski definition) is 4. The van der Waals surface area contributed by atoms with E-state index in [1.54, 1.807) is 0 Å². The molecule has 0 aliphatic carbocycles. The summed E-state index contributed by atoms with van der Waals surface area (Å²) >= 11 is 0. The normalized spacial score (nSPS) is 11.5. The van der Waals surface area contributed by atoms with Crippen LogP contribution in [0, 0.1) is 0 Å². The van der Waals surface area contributed by atoms with E-state index in [1.807, 2.05) is 30.3 Å². The fourth-order valence-electron chi connectivity index (χ4n) is 8.98. The molecule has 0 fully saturated rings. The molecule has 0 atom stereocenters. The van der Waals surface area contributed by atoms with Crippen LogP contribution in [0.1, 0.15) is 0 Å². The second-order valence-electron chi connectivity index (χ2n) is 16.0. The highest BCUT2D eigenvalue weighted by molar-refractivity contribution is 6.20. The Balaban J connectivity index is 0.916. The highest BCUT2D eigenvalue weighted by Crippen LogP contribution is 2.40. The maximum Gasteiger partial charge on any atom is 0.164 e. The highest BCUT2D eigenvalue weighted by Gasteiger charge is 2.17. The van der Waals surface area contributed by atoms with E-state index in [0.29, 0.717) is 17.5 Å². The standard InChI is InChI=1S/C59H37N3O/c1-2-12-40(13-3-1)48-17-9-10-20-52(48)59-61-57(60-58(62-59)45-32-26-42(27-33-45)55-37-47-16-6-11-21-54(47)63-55)44-30-24-39(25-31-44)38-22-28-43(29-23-38)56-50-19-8-5-15-46(50)36-53-49-18-7-4-14-41(49)34-35-51(53)56/h1-37H. The van der Waals surface area contributed by atoms with Crippen LogP contribution in [0.5, 0.6) is 0 Å². The molecule has 0 saturated carbocycles. The van der Waals surface area contributed by atoms with Crippen molar-refractivity contribution in [2.24, 2.45) is 0 Å². The summed E-state index contributed by atoms with van der Waals surface area (Å²) in [5.41, 5.74) is 11.5. The topological polar surface area (TPSA) is 51.8 Å². The molecular weight excluding hydrogens is 767 g/mol. The van der Waals surface area contributed by atoms with Crippen molar-refractivity contribution >= 4 is 43.3 Å². The minimum absolute atomic E-state index is 0.600. The molecule has 0 aliphatic heterocycles. The summed E-state index contributed by atoms with van der Waals surface area (Å²) in [5, 5.41) is 8.62. The number of rotatable bonds is 7. The fraction of sp³-hybridized carbons (Fsp3) is 0. The molecule has 0 unspecified atom stereocenters. The first kappa shape index (κ1) is 36.4. The Bertz CT molecular complexity index is 3620. The monoisotopic (exact) mass is 803 g/mol. The zero-order valence-corrected chi connectivity index (χ0v) is 34.1. The number of aromatic nitrogens is 3. The lowest BCUT2D eigenvalue weighted by atomic mass is 9.89. The van der Waals surface area contributed by atoms with Crippen molar-refractivity contribution in [2.45, 2.75) is 0 Å². The molecule has 2 heterocycles. The van der Waals surface area contributed by atoms with Gasteiger partial charge in [-0.1, -0.05) is 206 Å². The van der Waals surface area contributed by atoms with E-state index < -0.39 is 0 Å². The van der Waals surface area contributed by atoms with E-state index in [2.05, 4.69) is 194 Å². The van der Waals surface area contributed by atoms with Gasteiger partial charge in [0.1, 0.15) is 11.3 Å². The first-order chi connectivity index (χ1) is 31.2.